The van der Waals surface area contributed by atoms with Crippen molar-refractivity contribution in [2.75, 3.05) is 4.72 Å². The molecule has 0 saturated carbocycles. The number of sulfonamides is 1. The number of aryl methyl sites for hydroxylation is 2. The minimum atomic E-state index is -3.92. The van der Waals surface area contributed by atoms with Gasteiger partial charge in [0, 0.05) is 6.07 Å². The molecule has 106 valence electrons. The molecule has 1 heterocycles. The molecule has 1 aromatic heterocycles. The Morgan fingerprint density at radius 3 is 2.60 bits per heavy atom. The maximum absolute atomic E-state index is 12.2. The molecule has 1 aromatic carbocycles. The van der Waals surface area contributed by atoms with Gasteiger partial charge in [0.15, 0.2) is 0 Å². The first-order valence-electron chi connectivity index (χ1n) is 5.59. The van der Waals surface area contributed by atoms with Crippen LogP contribution in [-0.4, -0.2) is 23.5 Å². The summed E-state index contributed by atoms with van der Waals surface area (Å²) in [5.74, 6) is 0. The molecule has 0 atom stereocenters. The van der Waals surface area contributed by atoms with Gasteiger partial charge in [-0.25, -0.2) is 8.42 Å². The Morgan fingerprint density at radius 1 is 1.35 bits per heavy atom. The summed E-state index contributed by atoms with van der Waals surface area (Å²) in [7, 11) is -3.92. The highest BCUT2D eigenvalue weighted by atomic mass is 32.2. The molecule has 0 aliphatic rings. The lowest BCUT2D eigenvalue weighted by molar-refractivity contribution is -0.383. The van der Waals surface area contributed by atoms with Gasteiger partial charge in [0.2, 0.25) is 0 Å². The third-order valence-corrected chi connectivity index (χ3v) is 4.15. The minimum Gasteiger partial charge on any atom is -0.281 e. The van der Waals surface area contributed by atoms with Crippen molar-refractivity contribution in [3.8, 4) is 0 Å². The van der Waals surface area contributed by atoms with Gasteiger partial charge in [-0.15, -0.1) is 0 Å². The molecule has 0 radical (unpaired) electrons. The van der Waals surface area contributed by atoms with Gasteiger partial charge < -0.3 is 0 Å². The van der Waals surface area contributed by atoms with E-state index < -0.39 is 14.9 Å². The number of nitrogens with one attached hydrogen (secondary N) is 2. The number of H-pyrrole nitrogens is 1. The van der Waals surface area contributed by atoms with Gasteiger partial charge >= 0.3 is 0 Å². The van der Waals surface area contributed by atoms with E-state index in [1.807, 2.05) is 0 Å². The molecule has 0 aliphatic carbocycles. The number of rotatable bonds is 4. The summed E-state index contributed by atoms with van der Waals surface area (Å²) in [6, 6.07) is 4.21. The van der Waals surface area contributed by atoms with Gasteiger partial charge in [0.05, 0.1) is 16.8 Å². The first-order valence-corrected chi connectivity index (χ1v) is 7.07. The molecule has 0 aliphatic heterocycles. The van der Waals surface area contributed by atoms with E-state index in [1.165, 1.54) is 12.1 Å². The van der Waals surface area contributed by atoms with Crippen LogP contribution in [0.1, 0.15) is 11.3 Å². The van der Waals surface area contributed by atoms with E-state index in [2.05, 4.69) is 14.9 Å². The van der Waals surface area contributed by atoms with Gasteiger partial charge in [0.1, 0.15) is 10.6 Å². The molecule has 0 saturated heterocycles. The summed E-state index contributed by atoms with van der Waals surface area (Å²) in [6.07, 6.45) is 1.15. The molecular weight excluding hydrogens is 284 g/mol. The molecule has 2 rings (SSSR count). The smallest absolute Gasteiger partial charge is 0.281 e. The first-order chi connectivity index (χ1) is 9.31. The molecule has 0 spiro atoms. The fourth-order valence-corrected chi connectivity index (χ4v) is 2.90. The van der Waals surface area contributed by atoms with Crippen molar-refractivity contribution in [3.63, 3.8) is 0 Å². The molecule has 8 nitrogen and oxygen atoms in total. The number of benzene rings is 1. The summed E-state index contributed by atoms with van der Waals surface area (Å²) in [4.78, 5) is 10.2. The maximum Gasteiger partial charge on any atom is 0.293 e. The Bertz CT molecular complexity index is 766. The van der Waals surface area contributed by atoms with Crippen molar-refractivity contribution in [1.29, 1.82) is 0 Å². The number of nitrogens with zero attached hydrogens (tertiary/aromatic N) is 2. The Labute approximate surface area is 115 Å². The van der Waals surface area contributed by atoms with Gasteiger partial charge in [-0.2, -0.15) is 5.10 Å². The SMILES string of the molecule is Cc1ccc([N+](=O)[O-])c(NS(=O)(=O)c2cn[nH]c2C)c1. The van der Waals surface area contributed by atoms with Gasteiger partial charge in [-0.05, 0) is 25.5 Å². The Kier molecular flexibility index (Phi) is 3.45. The van der Waals surface area contributed by atoms with Crippen LogP contribution in [0, 0.1) is 24.0 Å². The maximum atomic E-state index is 12.2. The van der Waals surface area contributed by atoms with E-state index in [-0.39, 0.29) is 16.3 Å². The van der Waals surface area contributed by atoms with E-state index in [1.54, 1.807) is 19.9 Å². The van der Waals surface area contributed by atoms with E-state index in [0.717, 1.165) is 6.20 Å². The van der Waals surface area contributed by atoms with Crippen molar-refractivity contribution < 1.29 is 13.3 Å². The molecule has 2 N–H and O–H groups in total. The number of anilines is 1. The molecule has 0 amide bonds. The second-order valence-corrected chi connectivity index (χ2v) is 5.89. The Hall–Kier alpha value is -2.42. The van der Waals surface area contributed by atoms with Gasteiger partial charge in [-0.1, -0.05) is 6.07 Å². The zero-order valence-electron chi connectivity index (χ0n) is 10.7. The molecular formula is C11H12N4O4S. The van der Waals surface area contributed by atoms with E-state index in [4.69, 9.17) is 0 Å². The Balaban J connectivity index is 2.47. The summed E-state index contributed by atoms with van der Waals surface area (Å²) in [5.41, 5.74) is 0.681. The van der Waals surface area contributed by atoms with Crippen LogP contribution in [-0.2, 0) is 10.0 Å². The van der Waals surface area contributed by atoms with Crippen molar-refractivity contribution in [2.45, 2.75) is 18.7 Å². The van der Waals surface area contributed by atoms with E-state index in [0.29, 0.717) is 11.3 Å². The standard InChI is InChI=1S/C11H12N4O4S/c1-7-3-4-10(15(16)17)9(5-7)14-20(18,19)11-6-12-13-8(11)2/h3-6,14H,1-2H3,(H,12,13). The van der Waals surface area contributed by atoms with Gasteiger partial charge in [0.25, 0.3) is 15.7 Å². The molecule has 9 heteroatoms. The predicted octanol–water partition coefficient (Wildman–Crippen LogP) is 1.74. The zero-order chi connectivity index (χ0) is 14.9. The summed E-state index contributed by atoms with van der Waals surface area (Å²) < 4.78 is 26.6. The number of nitro groups is 1. The largest absolute Gasteiger partial charge is 0.293 e. The van der Waals surface area contributed by atoms with Crippen LogP contribution >= 0.6 is 0 Å². The molecule has 0 fully saturated rings. The third kappa shape index (κ3) is 2.62. The average Bonchev–Trinajstić information content (AvgIpc) is 2.75. The predicted molar refractivity (Wildman–Crippen MR) is 72.0 cm³/mol. The normalized spacial score (nSPS) is 11.3. The summed E-state index contributed by atoms with van der Waals surface area (Å²) in [6.45, 7) is 3.26. The monoisotopic (exact) mass is 296 g/mol. The average molecular weight is 296 g/mol. The van der Waals surface area contributed by atoms with E-state index >= 15 is 0 Å². The molecule has 0 unspecified atom stereocenters. The third-order valence-electron chi connectivity index (χ3n) is 2.67. The van der Waals surface area contributed by atoms with Crippen LogP contribution in [0.5, 0.6) is 0 Å². The van der Waals surface area contributed by atoms with E-state index in [9.17, 15) is 18.5 Å². The minimum absolute atomic E-state index is 0.0479. The quantitative estimate of drug-likeness (QED) is 0.658. The number of hydrogen-bond acceptors (Lipinski definition) is 5. The lowest BCUT2D eigenvalue weighted by Crippen LogP contribution is -2.14. The summed E-state index contributed by atoms with van der Waals surface area (Å²) in [5, 5.41) is 17.1. The molecule has 0 bridgehead atoms. The van der Waals surface area contributed by atoms with Crippen LogP contribution < -0.4 is 4.72 Å². The lowest BCUT2D eigenvalue weighted by atomic mass is 10.2. The molecule has 20 heavy (non-hydrogen) atoms. The second kappa shape index (κ2) is 4.93. The van der Waals surface area contributed by atoms with Crippen molar-refractivity contribution in [3.05, 3.63) is 45.8 Å². The van der Waals surface area contributed by atoms with Crippen molar-refractivity contribution in [2.24, 2.45) is 0 Å². The molecule has 2 aromatic rings. The van der Waals surface area contributed by atoms with Crippen LogP contribution in [0.25, 0.3) is 0 Å². The van der Waals surface area contributed by atoms with Crippen molar-refractivity contribution in [1.82, 2.24) is 10.2 Å². The number of aromatic amines is 1. The van der Waals surface area contributed by atoms with Crippen LogP contribution in [0.3, 0.4) is 0 Å². The highest BCUT2D eigenvalue weighted by Crippen LogP contribution is 2.28. The fraction of sp³-hybridized carbons (Fsp3) is 0.182. The highest BCUT2D eigenvalue weighted by Gasteiger charge is 2.23. The summed E-state index contributed by atoms with van der Waals surface area (Å²) >= 11 is 0. The van der Waals surface area contributed by atoms with Crippen LogP contribution in [0.15, 0.2) is 29.3 Å². The number of hydrogen-bond donors (Lipinski definition) is 2. The van der Waals surface area contributed by atoms with Gasteiger partial charge in [-0.3, -0.25) is 19.9 Å². The van der Waals surface area contributed by atoms with Crippen molar-refractivity contribution >= 4 is 21.4 Å². The first kappa shape index (κ1) is 14.0. The van der Waals surface area contributed by atoms with Crippen LogP contribution in [0.4, 0.5) is 11.4 Å². The number of aromatic nitrogens is 2. The zero-order valence-corrected chi connectivity index (χ0v) is 11.6. The topological polar surface area (TPSA) is 118 Å². The lowest BCUT2D eigenvalue weighted by Gasteiger charge is -2.08. The van der Waals surface area contributed by atoms with Crippen LogP contribution in [0.2, 0.25) is 0 Å². The fourth-order valence-electron chi connectivity index (χ4n) is 1.70. The highest BCUT2D eigenvalue weighted by molar-refractivity contribution is 7.92. The Morgan fingerprint density at radius 2 is 2.05 bits per heavy atom. The number of nitro benzene ring substituents is 1. The second-order valence-electron chi connectivity index (χ2n) is 4.24.